The Bertz CT molecular complexity index is 629. The van der Waals surface area contributed by atoms with E-state index in [1.54, 1.807) is 24.0 Å². The Morgan fingerprint density at radius 3 is 2.23 bits per heavy atom. The number of aryl methyl sites for hydroxylation is 2. The predicted octanol–water partition coefficient (Wildman–Crippen LogP) is 2.87. The van der Waals surface area contributed by atoms with E-state index in [1.165, 1.54) is 6.42 Å². The molecule has 1 amide bonds. The van der Waals surface area contributed by atoms with E-state index in [1.807, 2.05) is 13.0 Å². The van der Waals surface area contributed by atoms with Crippen molar-refractivity contribution in [3.63, 3.8) is 0 Å². The second-order valence-electron chi connectivity index (χ2n) is 6.18. The number of nitrogens with zero attached hydrogens (tertiary/aromatic N) is 1. The maximum Gasteiger partial charge on any atom is 0.238 e. The van der Waals surface area contributed by atoms with Gasteiger partial charge in [-0.1, -0.05) is 37.0 Å². The van der Waals surface area contributed by atoms with E-state index in [9.17, 15) is 13.2 Å². The summed E-state index contributed by atoms with van der Waals surface area (Å²) in [6.07, 6.45) is 5.38. The van der Waals surface area contributed by atoms with Crippen molar-refractivity contribution >= 4 is 15.7 Å². The van der Waals surface area contributed by atoms with Crippen LogP contribution in [0.15, 0.2) is 23.1 Å². The highest BCUT2D eigenvalue weighted by atomic mass is 32.2. The normalized spacial score (nSPS) is 16.9. The average Bonchev–Trinajstić information content (AvgIpc) is 2.36. The number of benzene rings is 1. The molecule has 5 heteroatoms. The molecule has 22 heavy (non-hydrogen) atoms. The van der Waals surface area contributed by atoms with Crippen molar-refractivity contribution in [2.45, 2.75) is 50.8 Å². The van der Waals surface area contributed by atoms with Gasteiger partial charge < -0.3 is 4.90 Å². The molecular formula is C17H25NO3S. The molecule has 1 aromatic rings. The van der Waals surface area contributed by atoms with E-state index in [2.05, 4.69) is 0 Å². The molecule has 0 aromatic heterocycles. The van der Waals surface area contributed by atoms with Crippen molar-refractivity contribution in [3.05, 3.63) is 29.3 Å². The summed E-state index contributed by atoms with van der Waals surface area (Å²) in [4.78, 5) is 14.4. The Balaban J connectivity index is 2.11. The van der Waals surface area contributed by atoms with Gasteiger partial charge in [-0.05, 0) is 38.3 Å². The summed E-state index contributed by atoms with van der Waals surface area (Å²) in [7, 11) is -3.57. The highest BCUT2D eigenvalue weighted by molar-refractivity contribution is 7.92. The lowest BCUT2D eigenvalue weighted by Crippen LogP contribution is -2.37. The van der Waals surface area contributed by atoms with Gasteiger partial charge in [0, 0.05) is 13.1 Å². The third-order valence-corrected chi connectivity index (χ3v) is 5.94. The van der Waals surface area contributed by atoms with E-state index in [-0.39, 0.29) is 10.8 Å². The molecule has 2 rings (SSSR count). The van der Waals surface area contributed by atoms with Gasteiger partial charge in [0.1, 0.15) is 5.75 Å². The molecule has 0 spiro atoms. The molecule has 1 saturated heterocycles. The third-order valence-electron chi connectivity index (χ3n) is 4.19. The van der Waals surface area contributed by atoms with Crippen molar-refractivity contribution in [1.82, 2.24) is 4.90 Å². The van der Waals surface area contributed by atoms with Gasteiger partial charge in [-0.25, -0.2) is 8.42 Å². The second-order valence-corrected chi connectivity index (χ2v) is 8.13. The van der Waals surface area contributed by atoms with Crippen LogP contribution in [0.1, 0.15) is 43.2 Å². The second kappa shape index (κ2) is 7.27. The maximum absolute atomic E-state index is 12.5. The van der Waals surface area contributed by atoms with Crippen molar-refractivity contribution in [2.24, 2.45) is 0 Å². The van der Waals surface area contributed by atoms with Gasteiger partial charge in [0.2, 0.25) is 5.91 Å². The van der Waals surface area contributed by atoms with Crippen LogP contribution in [0.3, 0.4) is 0 Å². The predicted molar refractivity (Wildman–Crippen MR) is 87.6 cm³/mol. The molecule has 122 valence electrons. The molecule has 4 nitrogen and oxygen atoms in total. The van der Waals surface area contributed by atoms with Crippen molar-refractivity contribution < 1.29 is 13.2 Å². The summed E-state index contributed by atoms with van der Waals surface area (Å²) in [5.41, 5.74) is 1.73. The van der Waals surface area contributed by atoms with E-state index in [4.69, 9.17) is 0 Å². The molecule has 0 atom stereocenters. The first-order valence-corrected chi connectivity index (χ1v) is 9.63. The number of hydrogen-bond acceptors (Lipinski definition) is 3. The molecule has 1 aliphatic heterocycles. The number of sulfone groups is 1. The van der Waals surface area contributed by atoms with Crippen LogP contribution in [0, 0.1) is 13.8 Å². The van der Waals surface area contributed by atoms with Gasteiger partial charge in [0.25, 0.3) is 0 Å². The Hall–Kier alpha value is -1.36. The fraction of sp³-hybridized carbons (Fsp3) is 0.588. The number of hydrogen-bond donors (Lipinski definition) is 0. The zero-order valence-electron chi connectivity index (χ0n) is 13.5. The zero-order valence-corrected chi connectivity index (χ0v) is 14.3. The first-order chi connectivity index (χ1) is 10.4. The lowest BCUT2D eigenvalue weighted by molar-refractivity contribution is -0.128. The fourth-order valence-electron chi connectivity index (χ4n) is 2.98. The highest BCUT2D eigenvalue weighted by Gasteiger charge is 2.25. The molecule has 0 unspecified atom stereocenters. The smallest absolute Gasteiger partial charge is 0.238 e. The largest absolute Gasteiger partial charge is 0.342 e. The quantitative estimate of drug-likeness (QED) is 0.859. The van der Waals surface area contributed by atoms with Crippen molar-refractivity contribution in [3.8, 4) is 0 Å². The minimum absolute atomic E-state index is 0.262. The van der Waals surface area contributed by atoms with Crippen LogP contribution in [0.5, 0.6) is 0 Å². The molecule has 0 saturated carbocycles. The van der Waals surface area contributed by atoms with Crippen LogP contribution >= 0.6 is 0 Å². The van der Waals surface area contributed by atoms with Crippen LogP contribution < -0.4 is 0 Å². The molecule has 0 aliphatic carbocycles. The van der Waals surface area contributed by atoms with Crippen LogP contribution in [-0.2, 0) is 14.6 Å². The zero-order chi connectivity index (χ0) is 16.2. The summed E-state index contributed by atoms with van der Waals surface area (Å²) < 4.78 is 25.0. The van der Waals surface area contributed by atoms with Gasteiger partial charge in [0.05, 0.1) is 4.90 Å². The number of carbonyl (C=O) groups excluding carboxylic acids is 1. The summed E-state index contributed by atoms with van der Waals surface area (Å²) >= 11 is 0. The Kier molecular flexibility index (Phi) is 5.62. The standard InChI is InChI=1S/C17H25NO3S/c1-14-8-9-16(15(2)12-14)22(20,21)13-17(19)18-10-6-4-3-5-7-11-18/h8-9,12H,3-7,10-11,13H2,1-2H3. The molecule has 1 aliphatic rings. The van der Waals surface area contributed by atoms with Gasteiger partial charge in [-0.2, -0.15) is 0 Å². The number of amides is 1. The average molecular weight is 323 g/mol. The molecule has 1 fully saturated rings. The lowest BCUT2D eigenvalue weighted by atomic mass is 10.1. The van der Waals surface area contributed by atoms with Gasteiger partial charge in [-0.15, -0.1) is 0 Å². The lowest BCUT2D eigenvalue weighted by Gasteiger charge is -2.24. The van der Waals surface area contributed by atoms with Gasteiger partial charge in [-0.3, -0.25) is 4.79 Å². The summed E-state index contributed by atoms with van der Waals surface area (Å²) in [5.74, 6) is -0.682. The molecule has 0 bridgehead atoms. The first-order valence-electron chi connectivity index (χ1n) is 7.98. The minimum atomic E-state index is -3.57. The monoisotopic (exact) mass is 323 g/mol. The molecule has 1 aromatic carbocycles. The van der Waals surface area contributed by atoms with Crippen molar-refractivity contribution in [2.75, 3.05) is 18.8 Å². The topological polar surface area (TPSA) is 54.5 Å². The first kappa shape index (κ1) is 17.0. The summed E-state index contributed by atoms with van der Waals surface area (Å²) in [6.45, 7) is 5.07. The van der Waals surface area contributed by atoms with Crippen LogP contribution in [-0.4, -0.2) is 38.1 Å². The van der Waals surface area contributed by atoms with Crippen LogP contribution in [0.4, 0.5) is 0 Å². The summed E-state index contributed by atoms with van der Waals surface area (Å²) in [6, 6.07) is 5.23. The van der Waals surface area contributed by atoms with E-state index >= 15 is 0 Å². The molecule has 0 radical (unpaired) electrons. The maximum atomic E-state index is 12.5. The molecule has 0 N–H and O–H groups in total. The number of likely N-dealkylation sites (tertiary alicyclic amines) is 1. The minimum Gasteiger partial charge on any atom is -0.342 e. The highest BCUT2D eigenvalue weighted by Crippen LogP contribution is 2.19. The Labute approximate surface area is 133 Å². The van der Waals surface area contributed by atoms with E-state index in [0.29, 0.717) is 18.7 Å². The van der Waals surface area contributed by atoms with Gasteiger partial charge >= 0.3 is 0 Å². The Morgan fingerprint density at radius 2 is 1.64 bits per heavy atom. The Morgan fingerprint density at radius 1 is 1.05 bits per heavy atom. The van der Waals surface area contributed by atoms with E-state index < -0.39 is 15.6 Å². The number of carbonyl (C=O) groups is 1. The van der Waals surface area contributed by atoms with Crippen molar-refractivity contribution in [1.29, 1.82) is 0 Å². The third kappa shape index (κ3) is 4.32. The van der Waals surface area contributed by atoms with Crippen LogP contribution in [0.2, 0.25) is 0 Å². The summed E-state index contributed by atoms with van der Waals surface area (Å²) in [5, 5.41) is 0. The fourth-order valence-corrected chi connectivity index (χ4v) is 4.46. The SMILES string of the molecule is Cc1ccc(S(=O)(=O)CC(=O)N2CCCCCCC2)c(C)c1. The van der Waals surface area contributed by atoms with Gasteiger partial charge in [0.15, 0.2) is 9.84 Å². The van der Waals surface area contributed by atoms with Crippen LogP contribution in [0.25, 0.3) is 0 Å². The number of rotatable bonds is 3. The molecular weight excluding hydrogens is 298 g/mol. The van der Waals surface area contributed by atoms with E-state index in [0.717, 1.165) is 31.2 Å². The molecule has 1 heterocycles.